The fourth-order valence-corrected chi connectivity index (χ4v) is 1.96. The standard InChI is InChI=1S/C9H16BrN3/c1-3-4-8(10)5-6-9-7-13(2)12-11-9/h7-8H,3-6H2,1-2H3. The van der Waals surface area contributed by atoms with Crippen LogP contribution in [0, 0.1) is 0 Å². The largest absolute Gasteiger partial charge is 0.255 e. The van der Waals surface area contributed by atoms with E-state index in [9.17, 15) is 0 Å². The lowest BCUT2D eigenvalue weighted by Crippen LogP contribution is -1.99. The summed E-state index contributed by atoms with van der Waals surface area (Å²) in [5.74, 6) is 0. The molecule has 13 heavy (non-hydrogen) atoms. The van der Waals surface area contributed by atoms with E-state index in [4.69, 9.17) is 0 Å². The molecule has 0 N–H and O–H groups in total. The summed E-state index contributed by atoms with van der Waals surface area (Å²) in [7, 11) is 1.90. The molecule has 0 amide bonds. The molecule has 0 fully saturated rings. The first kappa shape index (κ1) is 10.7. The summed E-state index contributed by atoms with van der Waals surface area (Å²) in [4.78, 5) is 0.625. The second-order valence-corrected chi connectivity index (χ2v) is 4.60. The molecule has 0 radical (unpaired) electrons. The van der Waals surface area contributed by atoms with Gasteiger partial charge in [-0.15, -0.1) is 5.10 Å². The van der Waals surface area contributed by atoms with E-state index in [0.717, 1.165) is 18.5 Å². The van der Waals surface area contributed by atoms with E-state index in [1.807, 2.05) is 13.2 Å². The zero-order valence-electron chi connectivity index (χ0n) is 8.20. The van der Waals surface area contributed by atoms with Gasteiger partial charge in [0.2, 0.25) is 0 Å². The molecule has 0 aliphatic carbocycles. The molecule has 0 saturated carbocycles. The lowest BCUT2D eigenvalue weighted by Gasteiger charge is -2.05. The molecule has 74 valence electrons. The quantitative estimate of drug-likeness (QED) is 0.746. The van der Waals surface area contributed by atoms with Crippen LogP contribution in [0.15, 0.2) is 6.20 Å². The van der Waals surface area contributed by atoms with Crippen LogP contribution in [-0.2, 0) is 13.5 Å². The van der Waals surface area contributed by atoms with Gasteiger partial charge in [-0.2, -0.15) is 0 Å². The van der Waals surface area contributed by atoms with E-state index >= 15 is 0 Å². The zero-order chi connectivity index (χ0) is 9.68. The van der Waals surface area contributed by atoms with Crippen molar-refractivity contribution in [3.05, 3.63) is 11.9 Å². The van der Waals surface area contributed by atoms with Crippen LogP contribution in [-0.4, -0.2) is 19.8 Å². The van der Waals surface area contributed by atoms with Gasteiger partial charge in [-0.25, -0.2) is 0 Å². The molecule has 1 atom stereocenters. The number of halogens is 1. The average Bonchev–Trinajstić information content (AvgIpc) is 2.49. The predicted molar refractivity (Wildman–Crippen MR) is 56.9 cm³/mol. The Kier molecular flexibility index (Phi) is 4.42. The van der Waals surface area contributed by atoms with Crippen molar-refractivity contribution < 1.29 is 0 Å². The lowest BCUT2D eigenvalue weighted by molar-refractivity contribution is 0.682. The number of hydrogen-bond donors (Lipinski definition) is 0. The van der Waals surface area contributed by atoms with Gasteiger partial charge in [-0.3, -0.25) is 4.68 Å². The Morgan fingerprint density at radius 2 is 2.31 bits per heavy atom. The fraction of sp³-hybridized carbons (Fsp3) is 0.778. The van der Waals surface area contributed by atoms with Crippen molar-refractivity contribution in [3.8, 4) is 0 Å². The van der Waals surface area contributed by atoms with Crippen molar-refractivity contribution in [2.24, 2.45) is 7.05 Å². The fourth-order valence-electron chi connectivity index (χ4n) is 1.27. The molecule has 0 aliphatic rings. The van der Waals surface area contributed by atoms with E-state index in [0.29, 0.717) is 4.83 Å². The Morgan fingerprint density at radius 1 is 1.54 bits per heavy atom. The van der Waals surface area contributed by atoms with Crippen LogP contribution in [0.25, 0.3) is 0 Å². The minimum Gasteiger partial charge on any atom is -0.255 e. The summed E-state index contributed by atoms with van der Waals surface area (Å²) < 4.78 is 1.75. The molecule has 0 spiro atoms. The molecular formula is C9H16BrN3. The van der Waals surface area contributed by atoms with Gasteiger partial charge in [0.05, 0.1) is 5.69 Å². The van der Waals surface area contributed by atoms with E-state index in [1.165, 1.54) is 12.8 Å². The first-order valence-corrected chi connectivity index (χ1v) is 5.63. The van der Waals surface area contributed by atoms with Crippen LogP contribution >= 0.6 is 15.9 Å². The van der Waals surface area contributed by atoms with Crippen molar-refractivity contribution in [1.82, 2.24) is 15.0 Å². The van der Waals surface area contributed by atoms with Gasteiger partial charge in [0.25, 0.3) is 0 Å². The highest BCUT2D eigenvalue weighted by atomic mass is 79.9. The van der Waals surface area contributed by atoms with Gasteiger partial charge in [-0.1, -0.05) is 34.5 Å². The molecule has 0 bridgehead atoms. The Labute approximate surface area is 87.6 Å². The second kappa shape index (κ2) is 5.37. The van der Waals surface area contributed by atoms with E-state index in [-0.39, 0.29) is 0 Å². The van der Waals surface area contributed by atoms with Crippen LogP contribution in [0.2, 0.25) is 0 Å². The molecule has 0 aliphatic heterocycles. The van der Waals surface area contributed by atoms with Crippen molar-refractivity contribution in [1.29, 1.82) is 0 Å². The number of nitrogens with zero attached hydrogens (tertiary/aromatic N) is 3. The number of alkyl halides is 1. The Balaban J connectivity index is 2.26. The van der Waals surface area contributed by atoms with Crippen LogP contribution in [0.1, 0.15) is 31.9 Å². The maximum absolute atomic E-state index is 4.04. The van der Waals surface area contributed by atoms with Gasteiger partial charge in [-0.05, 0) is 19.3 Å². The Hall–Kier alpha value is -0.380. The molecule has 3 nitrogen and oxygen atoms in total. The molecule has 0 saturated heterocycles. The Morgan fingerprint density at radius 3 is 2.85 bits per heavy atom. The first-order chi connectivity index (χ1) is 6.22. The SMILES string of the molecule is CCCC(Br)CCc1cn(C)nn1. The van der Waals surface area contributed by atoms with Crippen LogP contribution < -0.4 is 0 Å². The topological polar surface area (TPSA) is 30.7 Å². The highest BCUT2D eigenvalue weighted by molar-refractivity contribution is 9.09. The second-order valence-electron chi connectivity index (χ2n) is 3.31. The van der Waals surface area contributed by atoms with Gasteiger partial charge in [0, 0.05) is 18.1 Å². The lowest BCUT2D eigenvalue weighted by atomic mass is 10.1. The molecule has 1 heterocycles. The summed E-state index contributed by atoms with van der Waals surface area (Å²) >= 11 is 3.65. The van der Waals surface area contributed by atoms with Crippen molar-refractivity contribution in [3.63, 3.8) is 0 Å². The van der Waals surface area contributed by atoms with Gasteiger partial charge >= 0.3 is 0 Å². The molecule has 1 unspecified atom stereocenters. The number of hydrogen-bond acceptors (Lipinski definition) is 2. The van der Waals surface area contributed by atoms with Crippen LogP contribution in [0.4, 0.5) is 0 Å². The Bertz CT molecular complexity index is 247. The maximum atomic E-state index is 4.04. The highest BCUT2D eigenvalue weighted by Gasteiger charge is 2.04. The minimum absolute atomic E-state index is 0.625. The molecule has 1 aromatic rings. The van der Waals surface area contributed by atoms with Gasteiger partial charge < -0.3 is 0 Å². The zero-order valence-corrected chi connectivity index (χ0v) is 9.79. The molecule has 0 aromatic carbocycles. The number of aryl methyl sites for hydroxylation is 2. The predicted octanol–water partition coefficient (Wildman–Crippen LogP) is 2.31. The van der Waals surface area contributed by atoms with Gasteiger partial charge in [0.15, 0.2) is 0 Å². The summed E-state index contributed by atoms with van der Waals surface area (Å²) in [6, 6.07) is 0. The highest BCUT2D eigenvalue weighted by Crippen LogP contribution is 2.14. The summed E-state index contributed by atoms with van der Waals surface area (Å²) in [5.41, 5.74) is 1.09. The van der Waals surface area contributed by atoms with E-state index < -0.39 is 0 Å². The van der Waals surface area contributed by atoms with Crippen molar-refractivity contribution >= 4 is 15.9 Å². The third-order valence-corrected chi connectivity index (χ3v) is 2.88. The number of aromatic nitrogens is 3. The summed E-state index contributed by atoms with van der Waals surface area (Å²) in [6.45, 7) is 2.20. The monoisotopic (exact) mass is 245 g/mol. The maximum Gasteiger partial charge on any atom is 0.0827 e. The molecule has 4 heteroatoms. The van der Waals surface area contributed by atoms with Gasteiger partial charge in [0.1, 0.15) is 0 Å². The van der Waals surface area contributed by atoms with E-state index in [2.05, 4.69) is 33.2 Å². The van der Waals surface area contributed by atoms with Crippen molar-refractivity contribution in [2.45, 2.75) is 37.4 Å². The molecular weight excluding hydrogens is 230 g/mol. The van der Waals surface area contributed by atoms with Crippen LogP contribution in [0.5, 0.6) is 0 Å². The first-order valence-electron chi connectivity index (χ1n) is 4.71. The smallest absolute Gasteiger partial charge is 0.0827 e. The minimum atomic E-state index is 0.625. The van der Waals surface area contributed by atoms with Crippen molar-refractivity contribution in [2.75, 3.05) is 0 Å². The third kappa shape index (κ3) is 3.89. The normalized spacial score (nSPS) is 13.2. The summed E-state index contributed by atoms with van der Waals surface area (Å²) in [6.07, 6.45) is 6.61. The number of rotatable bonds is 5. The third-order valence-electron chi connectivity index (χ3n) is 1.97. The van der Waals surface area contributed by atoms with E-state index in [1.54, 1.807) is 4.68 Å². The molecule has 1 aromatic heterocycles. The van der Waals surface area contributed by atoms with Crippen LogP contribution in [0.3, 0.4) is 0 Å². The molecule has 1 rings (SSSR count). The average molecular weight is 246 g/mol. The summed E-state index contributed by atoms with van der Waals surface area (Å²) in [5, 5.41) is 7.93.